The lowest BCUT2D eigenvalue weighted by Gasteiger charge is -2.09. The molecule has 1 aromatic rings. The lowest BCUT2D eigenvalue weighted by atomic mass is 10.1. The number of alkyl halides is 2. The predicted molar refractivity (Wildman–Crippen MR) is 102 cm³/mol. The number of hydrogen-bond acceptors (Lipinski definition) is 4. The maximum absolute atomic E-state index is 12.5. The highest BCUT2D eigenvalue weighted by Crippen LogP contribution is 2.18. The molecule has 25 heavy (non-hydrogen) atoms. The summed E-state index contributed by atoms with van der Waals surface area (Å²) in [5.74, 6) is 0.756. The second-order valence-corrected chi connectivity index (χ2v) is 5.49. The van der Waals surface area contributed by atoms with Crippen LogP contribution in [0.25, 0.3) is 0 Å². The van der Waals surface area contributed by atoms with Crippen LogP contribution in [-0.2, 0) is 6.42 Å². The second-order valence-electron chi connectivity index (χ2n) is 5.49. The van der Waals surface area contributed by atoms with E-state index < -0.39 is 6.43 Å². The van der Waals surface area contributed by atoms with Crippen LogP contribution < -0.4 is 11.1 Å². The third-order valence-corrected chi connectivity index (χ3v) is 3.49. The molecule has 1 aromatic carbocycles. The minimum Gasteiger partial charge on any atom is -0.404 e. The van der Waals surface area contributed by atoms with E-state index in [2.05, 4.69) is 15.3 Å². The normalized spacial score (nSPS) is 14.2. The van der Waals surface area contributed by atoms with Gasteiger partial charge in [-0.1, -0.05) is 19.1 Å². The molecule has 0 aliphatic carbocycles. The van der Waals surface area contributed by atoms with Gasteiger partial charge < -0.3 is 11.1 Å². The molecule has 1 rings (SSSR count). The SMILES string of the molecule is CC/C=C(\N=C(C)C(=CN)C(C)=Nc1cccc(CC(F)F)c1)NC. The van der Waals surface area contributed by atoms with Gasteiger partial charge in [-0.05, 0) is 44.0 Å². The molecular weight excluding hydrogens is 322 g/mol. The molecule has 0 fully saturated rings. The quantitative estimate of drug-likeness (QED) is 0.686. The Morgan fingerprint density at radius 3 is 2.56 bits per heavy atom. The third-order valence-electron chi connectivity index (χ3n) is 3.49. The van der Waals surface area contributed by atoms with E-state index >= 15 is 0 Å². The molecule has 136 valence electrons. The standard InChI is InChI=1S/C19H26F2N4/c1-5-7-19(23-4)25-14(3)17(12-22)13(2)24-16-9-6-8-15(10-16)11-18(20)21/h6-10,12,18,23H,5,11,22H2,1-4H3/b17-12?,19-7-,24-13?,25-14?. The van der Waals surface area contributed by atoms with E-state index in [0.29, 0.717) is 22.5 Å². The summed E-state index contributed by atoms with van der Waals surface area (Å²) in [6.07, 6.45) is 1.63. The molecule has 0 amide bonds. The van der Waals surface area contributed by atoms with Gasteiger partial charge in [0.1, 0.15) is 5.82 Å². The fourth-order valence-electron chi connectivity index (χ4n) is 2.33. The number of nitrogens with zero attached hydrogens (tertiary/aromatic N) is 2. The van der Waals surface area contributed by atoms with E-state index in [-0.39, 0.29) is 6.42 Å². The number of halogens is 2. The summed E-state index contributed by atoms with van der Waals surface area (Å²) in [5.41, 5.74) is 9.02. The number of nitrogens with two attached hydrogens (primary N) is 1. The average Bonchev–Trinajstić information content (AvgIpc) is 2.54. The van der Waals surface area contributed by atoms with Crippen LogP contribution in [0.15, 0.2) is 57.9 Å². The van der Waals surface area contributed by atoms with Crippen LogP contribution in [0.3, 0.4) is 0 Å². The van der Waals surface area contributed by atoms with Crippen molar-refractivity contribution in [1.82, 2.24) is 5.32 Å². The van der Waals surface area contributed by atoms with Gasteiger partial charge in [0.2, 0.25) is 6.43 Å². The molecule has 0 saturated heterocycles. The molecule has 0 radical (unpaired) electrons. The molecule has 0 unspecified atom stereocenters. The summed E-state index contributed by atoms with van der Waals surface area (Å²) in [5, 5.41) is 3.02. The van der Waals surface area contributed by atoms with Gasteiger partial charge >= 0.3 is 0 Å². The number of benzene rings is 1. The van der Waals surface area contributed by atoms with Crippen molar-refractivity contribution in [3.05, 3.63) is 53.5 Å². The summed E-state index contributed by atoms with van der Waals surface area (Å²) in [4.78, 5) is 9.01. The summed E-state index contributed by atoms with van der Waals surface area (Å²) < 4.78 is 25.1. The molecular formula is C19H26F2N4. The van der Waals surface area contributed by atoms with Crippen LogP contribution in [0.2, 0.25) is 0 Å². The van der Waals surface area contributed by atoms with E-state index in [4.69, 9.17) is 5.73 Å². The molecule has 0 aromatic heterocycles. The van der Waals surface area contributed by atoms with Crippen LogP contribution in [0.1, 0.15) is 32.8 Å². The van der Waals surface area contributed by atoms with Crippen molar-refractivity contribution in [2.24, 2.45) is 15.7 Å². The van der Waals surface area contributed by atoms with Gasteiger partial charge in [-0.25, -0.2) is 13.8 Å². The van der Waals surface area contributed by atoms with Crippen molar-refractivity contribution in [3.63, 3.8) is 0 Å². The molecule has 6 heteroatoms. The Hall–Kier alpha value is -2.50. The Kier molecular flexibility index (Phi) is 8.53. The number of rotatable bonds is 8. The monoisotopic (exact) mass is 348 g/mol. The van der Waals surface area contributed by atoms with Crippen molar-refractivity contribution in [3.8, 4) is 0 Å². The smallest absolute Gasteiger partial charge is 0.242 e. The van der Waals surface area contributed by atoms with Gasteiger partial charge in [0.25, 0.3) is 0 Å². The van der Waals surface area contributed by atoms with Gasteiger partial charge in [0.05, 0.1) is 11.4 Å². The minimum atomic E-state index is -2.38. The third kappa shape index (κ3) is 6.87. The zero-order valence-corrected chi connectivity index (χ0v) is 15.2. The number of nitrogens with one attached hydrogen (secondary N) is 1. The molecule has 0 saturated carbocycles. The summed E-state index contributed by atoms with van der Waals surface area (Å²) in [6.45, 7) is 5.70. The van der Waals surface area contributed by atoms with E-state index in [1.54, 1.807) is 31.3 Å². The van der Waals surface area contributed by atoms with Crippen molar-refractivity contribution in [2.45, 2.75) is 40.0 Å². The summed E-state index contributed by atoms with van der Waals surface area (Å²) >= 11 is 0. The number of aliphatic imine (C=N–C) groups is 2. The largest absolute Gasteiger partial charge is 0.404 e. The van der Waals surface area contributed by atoms with Crippen LogP contribution in [0.5, 0.6) is 0 Å². The van der Waals surface area contributed by atoms with E-state index in [1.807, 2.05) is 26.8 Å². The summed E-state index contributed by atoms with van der Waals surface area (Å²) in [7, 11) is 1.81. The van der Waals surface area contributed by atoms with Gasteiger partial charge in [0, 0.05) is 31.0 Å². The maximum Gasteiger partial charge on any atom is 0.242 e. The fraction of sp³-hybridized carbons (Fsp3) is 0.368. The van der Waals surface area contributed by atoms with Crippen molar-refractivity contribution < 1.29 is 8.78 Å². The van der Waals surface area contributed by atoms with Crippen molar-refractivity contribution >= 4 is 17.1 Å². The van der Waals surface area contributed by atoms with E-state index in [0.717, 1.165) is 18.0 Å². The van der Waals surface area contributed by atoms with Crippen LogP contribution in [0.4, 0.5) is 14.5 Å². The molecule has 0 atom stereocenters. The van der Waals surface area contributed by atoms with Crippen LogP contribution in [-0.4, -0.2) is 24.9 Å². The van der Waals surface area contributed by atoms with Gasteiger partial charge in [-0.2, -0.15) is 0 Å². The first-order valence-corrected chi connectivity index (χ1v) is 8.19. The second kappa shape index (κ2) is 10.4. The Morgan fingerprint density at radius 1 is 1.28 bits per heavy atom. The Bertz CT molecular complexity index is 688. The highest BCUT2D eigenvalue weighted by atomic mass is 19.3. The molecule has 0 aliphatic heterocycles. The Morgan fingerprint density at radius 2 is 2.00 bits per heavy atom. The molecule has 0 spiro atoms. The Balaban J connectivity index is 3.10. The summed E-state index contributed by atoms with van der Waals surface area (Å²) in [6, 6.07) is 6.82. The number of allylic oxidation sites excluding steroid dienone is 2. The van der Waals surface area contributed by atoms with Crippen molar-refractivity contribution in [1.29, 1.82) is 0 Å². The highest BCUT2D eigenvalue weighted by Gasteiger charge is 2.08. The predicted octanol–water partition coefficient (Wildman–Crippen LogP) is 4.36. The van der Waals surface area contributed by atoms with Gasteiger partial charge in [0.15, 0.2) is 0 Å². The Labute approximate surface area is 148 Å². The maximum atomic E-state index is 12.5. The van der Waals surface area contributed by atoms with Crippen LogP contribution >= 0.6 is 0 Å². The zero-order chi connectivity index (χ0) is 18.8. The highest BCUT2D eigenvalue weighted by molar-refractivity contribution is 6.23. The van der Waals surface area contributed by atoms with Crippen molar-refractivity contribution in [2.75, 3.05) is 7.05 Å². The van der Waals surface area contributed by atoms with Crippen LogP contribution in [0, 0.1) is 0 Å². The lowest BCUT2D eigenvalue weighted by molar-refractivity contribution is 0.149. The molecule has 0 bridgehead atoms. The van der Waals surface area contributed by atoms with E-state index in [9.17, 15) is 8.78 Å². The minimum absolute atomic E-state index is 0.282. The fourth-order valence-corrected chi connectivity index (χ4v) is 2.33. The zero-order valence-electron chi connectivity index (χ0n) is 15.2. The first kappa shape index (κ1) is 20.5. The lowest BCUT2D eigenvalue weighted by Crippen LogP contribution is -2.12. The molecule has 4 nitrogen and oxygen atoms in total. The average molecular weight is 348 g/mol. The molecule has 3 N–H and O–H groups in total. The van der Waals surface area contributed by atoms with Gasteiger partial charge in [-0.15, -0.1) is 0 Å². The first-order valence-electron chi connectivity index (χ1n) is 8.19. The molecule has 0 heterocycles. The van der Waals surface area contributed by atoms with E-state index in [1.165, 1.54) is 6.20 Å². The topological polar surface area (TPSA) is 62.8 Å². The van der Waals surface area contributed by atoms with Gasteiger partial charge in [-0.3, -0.25) is 4.99 Å². The first-order chi connectivity index (χ1) is 11.9. The molecule has 0 aliphatic rings. The number of hydrogen-bond donors (Lipinski definition) is 2.